The summed E-state index contributed by atoms with van der Waals surface area (Å²) in [5.41, 5.74) is -0.503. The van der Waals surface area contributed by atoms with E-state index in [-0.39, 0.29) is 25.4 Å². The molecule has 0 spiro atoms. The van der Waals surface area contributed by atoms with Gasteiger partial charge in [-0.1, -0.05) is 13.8 Å². The third kappa shape index (κ3) is 4.64. The molecule has 1 amide bonds. The number of hydrogen-bond acceptors (Lipinski definition) is 3. The number of nitrogens with zero attached hydrogens (tertiary/aromatic N) is 1. The van der Waals surface area contributed by atoms with Crippen molar-refractivity contribution < 1.29 is 19.8 Å². The van der Waals surface area contributed by atoms with Crippen LogP contribution in [0.15, 0.2) is 0 Å². The molecule has 1 aliphatic heterocycles. The highest BCUT2D eigenvalue weighted by Gasteiger charge is 2.29. The number of aliphatic carboxylic acids is 1. The highest BCUT2D eigenvalue weighted by molar-refractivity contribution is 5.78. The molecule has 1 aliphatic rings. The predicted octanol–water partition coefficient (Wildman–Crippen LogP) is 1.11. The molecule has 5 nitrogen and oxygen atoms in total. The lowest BCUT2D eigenvalue weighted by molar-refractivity contribution is -0.141. The SMILES string of the molecule is CC(C)(CC(=O)O)CC(=O)N1CCC(CO)CC1. The van der Waals surface area contributed by atoms with Crippen LogP contribution in [0.5, 0.6) is 0 Å². The summed E-state index contributed by atoms with van der Waals surface area (Å²) < 4.78 is 0. The minimum absolute atomic E-state index is 0.00580. The largest absolute Gasteiger partial charge is 0.481 e. The van der Waals surface area contributed by atoms with Crippen molar-refractivity contribution in [3.63, 3.8) is 0 Å². The van der Waals surface area contributed by atoms with Crippen molar-refractivity contribution in [3.05, 3.63) is 0 Å². The average molecular weight is 257 g/mol. The lowest BCUT2D eigenvalue weighted by Gasteiger charge is -2.33. The monoisotopic (exact) mass is 257 g/mol. The number of amides is 1. The Hall–Kier alpha value is -1.10. The zero-order valence-electron chi connectivity index (χ0n) is 11.2. The second-order valence-corrected chi connectivity index (χ2v) is 5.92. The van der Waals surface area contributed by atoms with E-state index in [1.807, 2.05) is 0 Å². The molecule has 5 heteroatoms. The number of carbonyl (C=O) groups excluding carboxylic acids is 1. The summed E-state index contributed by atoms with van der Waals surface area (Å²) >= 11 is 0. The lowest BCUT2D eigenvalue weighted by Crippen LogP contribution is -2.41. The molecular weight excluding hydrogens is 234 g/mol. The Labute approximate surface area is 108 Å². The molecule has 0 unspecified atom stereocenters. The van der Waals surface area contributed by atoms with Crippen molar-refractivity contribution in [2.75, 3.05) is 19.7 Å². The Bertz CT molecular complexity index is 306. The fourth-order valence-corrected chi connectivity index (χ4v) is 2.36. The number of carboxylic acids is 1. The molecule has 0 aliphatic carbocycles. The summed E-state index contributed by atoms with van der Waals surface area (Å²) in [5.74, 6) is -0.537. The molecule has 104 valence electrons. The van der Waals surface area contributed by atoms with Gasteiger partial charge in [0.15, 0.2) is 0 Å². The number of hydrogen-bond donors (Lipinski definition) is 2. The molecule has 18 heavy (non-hydrogen) atoms. The van der Waals surface area contributed by atoms with Crippen molar-refractivity contribution in [3.8, 4) is 0 Å². The van der Waals surface area contributed by atoms with Gasteiger partial charge in [0.2, 0.25) is 5.91 Å². The maximum Gasteiger partial charge on any atom is 0.303 e. The van der Waals surface area contributed by atoms with E-state index in [9.17, 15) is 9.59 Å². The number of likely N-dealkylation sites (tertiary alicyclic amines) is 1. The van der Waals surface area contributed by atoms with Crippen LogP contribution in [0.1, 0.15) is 39.5 Å². The number of piperidine rings is 1. The third-order valence-electron chi connectivity index (χ3n) is 3.48. The molecule has 1 saturated heterocycles. The standard InChI is InChI=1S/C13H23NO4/c1-13(2,8-12(17)18)7-11(16)14-5-3-10(9-15)4-6-14/h10,15H,3-9H2,1-2H3,(H,17,18). The highest BCUT2D eigenvalue weighted by Crippen LogP contribution is 2.27. The number of aliphatic hydroxyl groups excluding tert-OH is 1. The molecule has 0 aromatic heterocycles. The van der Waals surface area contributed by atoms with Gasteiger partial charge >= 0.3 is 5.97 Å². The first-order valence-corrected chi connectivity index (χ1v) is 6.44. The summed E-state index contributed by atoms with van der Waals surface area (Å²) in [5, 5.41) is 17.8. The first-order valence-electron chi connectivity index (χ1n) is 6.44. The normalized spacial score (nSPS) is 17.8. The summed E-state index contributed by atoms with van der Waals surface area (Å²) in [6.45, 7) is 5.14. The van der Waals surface area contributed by atoms with Gasteiger partial charge in [0, 0.05) is 26.1 Å². The van der Waals surface area contributed by atoms with E-state index < -0.39 is 11.4 Å². The van der Waals surface area contributed by atoms with E-state index in [0.717, 1.165) is 12.8 Å². The van der Waals surface area contributed by atoms with Crippen LogP contribution in [0.2, 0.25) is 0 Å². The first kappa shape index (κ1) is 15.0. The molecule has 0 atom stereocenters. The molecule has 0 bridgehead atoms. The average Bonchev–Trinajstić information content (AvgIpc) is 2.26. The number of carboxylic acid groups (broad SMARTS) is 1. The van der Waals surface area contributed by atoms with Gasteiger partial charge < -0.3 is 15.1 Å². The van der Waals surface area contributed by atoms with Crippen molar-refractivity contribution in [2.24, 2.45) is 11.3 Å². The number of carbonyl (C=O) groups is 2. The number of aliphatic hydroxyl groups is 1. The summed E-state index contributed by atoms with van der Waals surface area (Å²) in [6.07, 6.45) is 1.94. The van der Waals surface area contributed by atoms with E-state index in [2.05, 4.69) is 0 Å². The van der Waals surface area contributed by atoms with Crippen LogP contribution in [-0.4, -0.2) is 46.7 Å². The van der Waals surface area contributed by atoms with Crippen molar-refractivity contribution >= 4 is 11.9 Å². The molecule has 0 aromatic rings. The van der Waals surface area contributed by atoms with Gasteiger partial charge in [-0.25, -0.2) is 0 Å². The molecule has 0 radical (unpaired) electrons. The molecule has 1 rings (SSSR count). The maximum absolute atomic E-state index is 12.1. The molecule has 1 fully saturated rings. The van der Waals surface area contributed by atoms with Crippen LogP contribution in [0, 0.1) is 11.3 Å². The Kier molecular flexibility index (Phi) is 5.14. The lowest BCUT2D eigenvalue weighted by atomic mass is 9.85. The fraction of sp³-hybridized carbons (Fsp3) is 0.846. The van der Waals surface area contributed by atoms with Crippen molar-refractivity contribution in [1.82, 2.24) is 4.90 Å². The molecule has 1 heterocycles. The van der Waals surface area contributed by atoms with Gasteiger partial charge in [0.05, 0.1) is 6.42 Å². The number of rotatable bonds is 5. The van der Waals surface area contributed by atoms with Gasteiger partial charge in [-0.2, -0.15) is 0 Å². The van der Waals surface area contributed by atoms with Crippen LogP contribution in [-0.2, 0) is 9.59 Å². The van der Waals surface area contributed by atoms with Crippen molar-refractivity contribution in [2.45, 2.75) is 39.5 Å². The zero-order valence-corrected chi connectivity index (χ0v) is 11.2. The van der Waals surface area contributed by atoms with Gasteiger partial charge in [0.25, 0.3) is 0 Å². The molecular formula is C13H23NO4. The zero-order chi connectivity index (χ0) is 13.8. The van der Waals surface area contributed by atoms with Crippen LogP contribution in [0.25, 0.3) is 0 Å². The second-order valence-electron chi connectivity index (χ2n) is 5.92. The van der Waals surface area contributed by atoms with E-state index in [4.69, 9.17) is 10.2 Å². The van der Waals surface area contributed by atoms with E-state index in [1.165, 1.54) is 0 Å². The molecule has 0 saturated carbocycles. The topological polar surface area (TPSA) is 77.8 Å². The second kappa shape index (κ2) is 6.18. The van der Waals surface area contributed by atoms with Gasteiger partial charge in [-0.15, -0.1) is 0 Å². The van der Waals surface area contributed by atoms with E-state index in [0.29, 0.717) is 19.0 Å². The Morgan fingerprint density at radius 2 is 1.78 bits per heavy atom. The van der Waals surface area contributed by atoms with E-state index >= 15 is 0 Å². The smallest absolute Gasteiger partial charge is 0.303 e. The van der Waals surface area contributed by atoms with Crippen LogP contribution < -0.4 is 0 Å². The minimum Gasteiger partial charge on any atom is -0.481 e. The van der Waals surface area contributed by atoms with Crippen molar-refractivity contribution in [1.29, 1.82) is 0 Å². The van der Waals surface area contributed by atoms with Crippen LogP contribution >= 0.6 is 0 Å². The van der Waals surface area contributed by atoms with Gasteiger partial charge in [0.1, 0.15) is 0 Å². The molecule has 0 aromatic carbocycles. The third-order valence-corrected chi connectivity index (χ3v) is 3.48. The first-order chi connectivity index (χ1) is 8.34. The van der Waals surface area contributed by atoms with E-state index in [1.54, 1.807) is 18.7 Å². The Morgan fingerprint density at radius 3 is 2.22 bits per heavy atom. The Balaban J connectivity index is 2.44. The minimum atomic E-state index is -0.869. The summed E-state index contributed by atoms with van der Waals surface area (Å²) in [6, 6.07) is 0. The quantitative estimate of drug-likeness (QED) is 0.773. The molecule has 2 N–H and O–H groups in total. The summed E-state index contributed by atoms with van der Waals surface area (Å²) in [4.78, 5) is 24.6. The van der Waals surface area contributed by atoms with Gasteiger partial charge in [-0.3, -0.25) is 9.59 Å². The highest BCUT2D eigenvalue weighted by atomic mass is 16.4. The fourth-order valence-electron chi connectivity index (χ4n) is 2.36. The summed E-state index contributed by atoms with van der Waals surface area (Å²) in [7, 11) is 0. The predicted molar refractivity (Wildman–Crippen MR) is 67.0 cm³/mol. The van der Waals surface area contributed by atoms with Crippen LogP contribution in [0.3, 0.4) is 0 Å². The van der Waals surface area contributed by atoms with Gasteiger partial charge in [-0.05, 0) is 24.2 Å². The Morgan fingerprint density at radius 1 is 1.22 bits per heavy atom. The van der Waals surface area contributed by atoms with Crippen LogP contribution in [0.4, 0.5) is 0 Å². The maximum atomic E-state index is 12.1.